The highest BCUT2D eigenvalue weighted by Gasteiger charge is 2.33. The molecule has 2 heterocycles. The van der Waals surface area contributed by atoms with Crippen molar-refractivity contribution in [2.45, 2.75) is 30.8 Å². The van der Waals surface area contributed by atoms with Crippen LogP contribution in [0.1, 0.15) is 19.0 Å². The molecule has 0 saturated carbocycles. The van der Waals surface area contributed by atoms with Crippen molar-refractivity contribution in [3.05, 3.63) is 24.0 Å². The summed E-state index contributed by atoms with van der Waals surface area (Å²) in [6.07, 6.45) is 2.50. The lowest BCUT2D eigenvalue weighted by molar-refractivity contribution is 0.144. The fourth-order valence-corrected chi connectivity index (χ4v) is 4.18. The molecule has 1 unspecified atom stereocenters. The number of pyridine rings is 1. The summed E-state index contributed by atoms with van der Waals surface area (Å²) < 4.78 is 27.0. The predicted octanol–water partition coefficient (Wildman–Crippen LogP) is 0.255. The van der Waals surface area contributed by atoms with Gasteiger partial charge in [0.25, 0.3) is 0 Å². The standard InChI is InChI=1S/C13H22N4O2S/c1-3-11-10-17(8-7-16(11)2)20(18,19)13-5-4-6-15-12(13)9-14/h4-6,11H,3,7-10,14H2,1-2H3. The minimum Gasteiger partial charge on any atom is -0.325 e. The molecule has 6 nitrogen and oxygen atoms in total. The van der Waals surface area contributed by atoms with E-state index in [0.717, 1.165) is 13.0 Å². The first kappa shape index (κ1) is 15.4. The van der Waals surface area contributed by atoms with E-state index >= 15 is 0 Å². The van der Waals surface area contributed by atoms with Crippen molar-refractivity contribution in [1.82, 2.24) is 14.2 Å². The number of nitrogens with two attached hydrogens (primary N) is 1. The van der Waals surface area contributed by atoms with Crippen LogP contribution in [0.4, 0.5) is 0 Å². The Labute approximate surface area is 120 Å². The number of nitrogens with zero attached hydrogens (tertiary/aromatic N) is 3. The topological polar surface area (TPSA) is 79.5 Å². The van der Waals surface area contributed by atoms with Crippen LogP contribution in [-0.2, 0) is 16.6 Å². The molecule has 1 saturated heterocycles. The van der Waals surface area contributed by atoms with Crippen LogP contribution in [0.2, 0.25) is 0 Å². The molecule has 1 aromatic heterocycles. The Hall–Kier alpha value is -1.02. The van der Waals surface area contributed by atoms with Gasteiger partial charge in [0.05, 0.1) is 5.69 Å². The lowest BCUT2D eigenvalue weighted by Gasteiger charge is -2.38. The number of aromatic nitrogens is 1. The smallest absolute Gasteiger partial charge is 0.245 e. The van der Waals surface area contributed by atoms with Gasteiger partial charge in [-0.2, -0.15) is 4.31 Å². The first-order chi connectivity index (χ1) is 9.50. The van der Waals surface area contributed by atoms with E-state index in [0.29, 0.717) is 18.8 Å². The zero-order valence-electron chi connectivity index (χ0n) is 12.0. The Morgan fingerprint density at radius 1 is 1.45 bits per heavy atom. The number of sulfonamides is 1. The van der Waals surface area contributed by atoms with Crippen LogP contribution in [-0.4, -0.2) is 55.3 Å². The first-order valence-corrected chi connectivity index (χ1v) is 8.29. The summed E-state index contributed by atoms with van der Waals surface area (Å²) in [5.41, 5.74) is 6.03. The molecule has 2 rings (SSSR count). The molecule has 112 valence electrons. The largest absolute Gasteiger partial charge is 0.325 e. The molecule has 1 fully saturated rings. The van der Waals surface area contributed by atoms with Crippen LogP contribution in [0.15, 0.2) is 23.2 Å². The van der Waals surface area contributed by atoms with Gasteiger partial charge in [0.15, 0.2) is 0 Å². The molecule has 1 aliphatic rings. The maximum absolute atomic E-state index is 12.7. The molecule has 0 amide bonds. The van der Waals surface area contributed by atoms with Crippen molar-refractivity contribution < 1.29 is 8.42 Å². The van der Waals surface area contributed by atoms with Crippen molar-refractivity contribution in [3.63, 3.8) is 0 Å². The highest BCUT2D eigenvalue weighted by atomic mass is 32.2. The van der Waals surface area contributed by atoms with E-state index in [1.54, 1.807) is 22.6 Å². The van der Waals surface area contributed by atoms with Gasteiger partial charge in [-0.3, -0.25) is 4.98 Å². The average molecular weight is 298 g/mol. The van der Waals surface area contributed by atoms with Gasteiger partial charge in [0.2, 0.25) is 10.0 Å². The maximum atomic E-state index is 12.7. The number of hydrogen-bond donors (Lipinski definition) is 1. The molecular weight excluding hydrogens is 276 g/mol. The SMILES string of the molecule is CCC1CN(S(=O)(=O)c2cccnc2CN)CCN1C. The zero-order chi connectivity index (χ0) is 14.8. The van der Waals surface area contributed by atoms with Gasteiger partial charge < -0.3 is 10.6 Å². The Balaban J connectivity index is 2.31. The fourth-order valence-electron chi connectivity index (χ4n) is 2.53. The van der Waals surface area contributed by atoms with Crippen molar-refractivity contribution in [1.29, 1.82) is 0 Å². The summed E-state index contributed by atoms with van der Waals surface area (Å²) in [5, 5.41) is 0. The molecule has 7 heteroatoms. The monoisotopic (exact) mass is 298 g/mol. The Morgan fingerprint density at radius 2 is 2.20 bits per heavy atom. The quantitative estimate of drug-likeness (QED) is 0.862. The second kappa shape index (κ2) is 6.17. The van der Waals surface area contributed by atoms with E-state index in [-0.39, 0.29) is 17.5 Å². The predicted molar refractivity (Wildman–Crippen MR) is 77.6 cm³/mol. The Morgan fingerprint density at radius 3 is 2.85 bits per heavy atom. The van der Waals surface area contributed by atoms with Crippen LogP contribution in [0.3, 0.4) is 0 Å². The highest BCUT2D eigenvalue weighted by Crippen LogP contribution is 2.22. The summed E-state index contributed by atoms with van der Waals surface area (Å²) in [7, 11) is -1.47. The molecule has 0 aliphatic carbocycles. The van der Waals surface area contributed by atoms with Crippen LogP contribution in [0.5, 0.6) is 0 Å². The van der Waals surface area contributed by atoms with Crippen molar-refractivity contribution in [2.75, 3.05) is 26.7 Å². The molecule has 0 bridgehead atoms. The lowest BCUT2D eigenvalue weighted by Crippen LogP contribution is -2.52. The summed E-state index contributed by atoms with van der Waals surface area (Å²) in [6, 6.07) is 3.49. The average Bonchev–Trinajstić information content (AvgIpc) is 2.47. The van der Waals surface area contributed by atoms with E-state index in [1.807, 2.05) is 7.05 Å². The minimum atomic E-state index is -3.51. The third-order valence-corrected chi connectivity index (χ3v) is 5.81. The molecule has 20 heavy (non-hydrogen) atoms. The zero-order valence-corrected chi connectivity index (χ0v) is 12.8. The molecule has 1 aromatic rings. The third kappa shape index (κ3) is 2.85. The summed E-state index contributed by atoms with van der Waals surface area (Å²) >= 11 is 0. The molecule has 1 aliphatic heterocycles. The van der Waals surface area contributed by atoms with Crippen molar-refractivity contribution in [2.24, 2.45) is 5.73 Å². The molecule has 0 spiro atoms. The van der Waals surface area contributed by atoms with E-state index in [1.165, 1.54) is 0 Å². The van der Waals surface area contributed by atoms with Gasteiger partial charge in [-0.05, 0) is 25.6 Å². The number of likely N-dealkylation sites (N-methyl/N-ethyl adjacent to an activating group) is 1. The van der Waals surface area contributed by atoms with Crippen molar-refractivity contribution >= 4 is 10.0 Å². The summed E-state index contributed by atoms with van der Waals surface area (Å²) in [6.45, 7) is 3.98. The lowest BCUT2D eigenvalue weighted by atomic mass is 10.1. The summed E-state index contributed by atoms with van der Waals surface area (Å²) in [4.78, 5) is 6.52. The maximum Gasteiger partial charge on any atom is 0.245 e. The normalized spacial score (nSPS) is 22.1. The van der Waals surface area contributed by atoms with Gasteiger partial charge in [-0.15, -0.1) is 0 Å². The van der Waals surface area contributed by atoms with E-state index in [2.05, 4.69) is 16.8 Å². The second-order valence-corrected chi connectivity index (χ2v) is 6.96. The molecule has 2 N–H and O–H groups in total. The fraction of sp³-hybridized carbons (Fsp3) is 0.615. The summed E-state index contributed by atoms with van der Waals surface area (Å²) in [5.74, 6) is 0. The Kier molecular flexibility index (Phi) is 4.74. The van der Waals surface area contributed by atoms with Gasteiger partial charge in [0.1, 0.15) is 4.90 Å². The number of hydrogen-bond acceptors (Lipinski definition) is 5. The molecule has 0 aromatic carbocycles. The van der Waals surface area contributed by atoms with Crippen LogP contribution >= 0.6 is 0 Å². The van der Waals surface area contributed by atoms with Crippen LogP contribution in [0, 0.1) is 0 Å². The van der Waals surface area contributed by atoms with Gasteiger partial charge in [0, 0.05) is 38.4 Å². The van der Waals surface area contributed by atoms with Crippen molar-refractivity contribution in [3.8, 4) is 0 Å². The molecule has 1 atom stereocenters. The van der Waals surface area contributed by atoms with Gasteiger partial charge >= 0.3 is 0 Å². The van der Waals surface area contributed by atoms with E-state index in [4.69, 9.17) is 5.73 Å². The minimum absolute atomic E-state index is 0.125. The second-order valence-electron chi connectivity index (χ2n) is 5.06. The molecular formula is C13H22N4O2S. The first-order valence-electron chi connectivity index (χ1n) is 6.85. The third-order valence-electron chi connectivity index (χ3n) is 3.87. The van der Waals surface area contributed by atoms with E-state index < -0.39 is 10.0 Å². The van der Waals surface area contributed by atoms with Gasteiger partial charge in [-0.25, -0.2) is 8.42 Å². The number of piperazine rings is 1. The van der Waals surface area contributed by atoms with Gasteiger partial charge in [-0.1, -0.05) is 6.92 Å². The Bertz CT molecular complexity index is 561. The van der Waals surface area contributed by atoms with Crippen LogP contribution in [0.25, 0.3) is 0 Å². The highest BCUT2D eigenvalue weighted by molar-refractivity contribution is 7.89. The van der Waals surface area contributed by atoms with Crippen LogP contribution < -0.4 is 5.73 Å². The van der Waals surface area contributed by atoms with E-state index in [9.17, 15) is 8.42 Å². The molecule has 0 radical (unpaired) electrons. The number of rotatable bonds is 4.